The molecule has 9 N–H and O–H groups in total. The largest absolute Gasteiger partial charge is 0.383 e. The molecule has 4 saturated heterocycles. The normalized spacial score (nSPS) is 13.7. The lowest BCUT2D eigenvalue weighted by Gasteiger charge is -2.34. The average molecular weight is 1850 g/mol. The minimum absolute atomic E-state index is 0.144. The number of nitrogens with zero attached hydrogens (tertiary/aromatic N) is 19. The highest BCUT2D eigenvalue weighted by atomic mass is 19.1. The second-order valence-corrected chi connectivity index (χ2v) is 33.6. The van der Waals surface area contributed by atoms with Crippen LogP contribution in [0.4, 0.5) is 71.3 Å². The van der Waals surface area contributed by atoms with Gasteiger partial charge < -0.3 is 71.7 Å². The zero-order valence-electron chi connectivity index (χ0n) is 77.8. The van der Waals surface area contributed by atoms with Gasteiger partial charge in [0.2, 0.25) is 0 Å². The van der Waals surface area contributed by atoms with Gasteiger partial charge in [-0.3, -0.25) is 24.9 Å². The molecular formula is C105H114F3N25O4. The summed E-state index contributed by atoms with van der Waals surface area (Å²) in [5.41, 5.74) is 30.9. The van der Waals surface area contributed by atoms with Crippen molar-refractivity contribution in [3.05, 3.63) is 329 Å². The highest BCUT2D eigenvalue weighted by Crippen LogP contribution is 2.38. The van der Waals surface area contributed by atoms with Crippen molar-refractivity contribution < 1.29 is 32.1 Å². The van der Waals surface area contributed by atoms with Gasteiger partial charge >= 0.3 is 0 Å². The first-order valence-corrected chi connectivity index (χ1v) is 46.2. The van der Waals surface area contributed by atoms with Crippen LogP contribution in [0.15, 0.2) is 255 Å². The van der Waals surface area contributed by atoms with Crippen LogP contribution in [0.2, 0.25) is 0 Å². The number of morpholine rings is 4. The number of aromatic nitrogens is 15. The Morgan fingerprint density at radius 3 is 0.796 bits per heavy atom. The standard InChI is InChI=1S/C24H27N5O2.C22H26FN5.C20H20FN5O.C20H21N5O.C19H20FN5/c1-2-6-19(7-3-1)18-20-23(28-10-14-30-15-11-28)26-22(21-8-4-5-9-25-21)27-24(20)29-12-16-31-17-13-29;1-14(2)25-20-17(13-16-9-5-6-10-18(16)23)21(26-15(3)4)28-22(27-20)19-11-7-8-12-24-19;21-16-6-2-1-5-14(16)13-15-18(22)24-19(17-7-3-4-8-23-17)25-20(15)26-9-11-27-12-10-26;21-18-16(14-15-6-2-1-3-7-15)20(25-10-12-26-13-11-25)24-19(23-18)17-8-4-5-9-22-17;1-12(2)23-18-14(11-13-7-3-4-8-15(13)20)17(21)24-19(25-18)16-9-5-6-10-22-16/h1-9H,10-18H2;5-12,14-15H,13H2,1-4H3,(H2,25,26,27,28);1-8H,9-13H2,(H2,22,24,25);1-9H,10-14H2,(H2,21,23,24);3-10,12H,11H2,1-2H3,(H3,21,23,24,25). The van der Waals surface area contributed by atoms with E-state index in [9.17, 15) is 13.2 Å². The van der Waals surface area contributed by atoms with Gasteiger partial charge in [-0.05, 0) is 148 Å². The molecule has 32 heteroatoms. The summed E-state index contributed by atoms with van der Waals surface area (Å²) >= 11 is 0. The van der Waals surface area contributed by atoms with Gasteiger partial charge in [-0.1, -0.05) is 146 Å². The Labute approximate surface area is 796 Å². The fraction of sp³-hybridized carbons (Fsp3) is 0.286. The van der Waals surface area contributed by atoms with Gasteiger partial charge in [0, 0.05) is 161 Å². The summed E-state index contributed by atoms with van der Waals surface area (Å²) in [6.45, 7) is 23.9. The first-order valence-electron chi connectivity index (χ1n) is 46.2. The van der Waals surface area contributed by atoms with Crippen LogP contribution in [0.1, 0.15) is 97.2 Å². The van der Waals surface area contributed by atoms with Crippen LogP contribution >= 0.6 is 0 Å². The molecule has 0 radical (unpaired) electrons. The Balaban J connectivity index is 0.000000130. The van der Waals surface area contributed by atoms with Gasteiger partial charge in [0.1, 0.15) is 104 Å². The minimum Gasteiger partial charge on any atom is -0.383 e. The molecule has 704 valence electrons. The number of pyridine rings is 5. The molecule has 137 heavy (non-hydrogen) atoms. The summed E-state index contributed by atoms with van der Waals surface area (Å²) in [5.74, 6) is 8.63. The highest BCUT2D eigenvalue weighted by Gasteiger charge is 2.30. The first kappa shape index (κ1) is 96.5. The SMILES string of the molecule is CC(C)Nc1nc(-c2ccccn2)nc(N)c1Cc1ccccc1F.CC(C)Nc1nc(-c2ccccn2)nc(NC(C)C)c1Cc1ccccc1F.Nc1nc(-c2ccccn2)nc(N2CCOCC2)c1Cc1ccccc1.Nc1nc(-c2ccccn2)nc(N2CCOCC2)c1Cc1ccccc1F.c1ccc(Cc2c(N3CCOCC3)nc(-c3ccccn3)nc2N2CCOCC2)cc1. The highest BCUT2D eigenvalue weighted by molar-refractivity contribution is 5.71. The van der Waals surface area contributed by atoms with Crippen LogP contribution in [0.5, 0.6) is 0 Å². The summed E-state index contributed by atoms with van der Waals surface area (Å²) < 4.78 is 64.7. The predicted octanol–water partition coefficient (Wildman–Crippen LogP) is 16.6. The Kier molecular flexibility index (Phi) is 33.9. The topological polar surface area (TPSA) is 357 Å². The molecule has 19 rings (SSSR count). The number of hydrogen-bond acceptors (Lipinski definition) is 29. The van der Waals surface area contributed by atoms with Gasteiger partial charge in [-0.25, -0.2) is 63.0 Å². The molecule has 0 atom stereocenters. The molecule has 4 aliphatic rings. The van der Waals surface area contributed by atoms with Crippen molar-refractivity contribution in [3.8, 4) is 57.6 Å². The van der Waals surface area contributed by atoms with Gasteiger partial charge in [0.05, 0.1) is 52.9 Å². The van der Waals surface area contributed by atoms with E-state index in [-0.39, 0.29) is 35.6 Å². The number of benzene rings is 5. The monoisotopic (exact) mass is 1850 g/mol. The molecular weight excluding hydrogens is 1730 g/mol. The molecule has 0 spiro atoms. The molecule has 0 saturated carbocycles. The smallest absolute Gasteiger partial charge is 0.182 e. The van der Waals surface area contributed by atoms with E-state index in [0.29, 0.717) is 195 Å². The Bertz CT molecular complexity index is 6290. The number of halogens is 3. The number of rotatable bonds is 25. The summed E-state index contributed by atoms with van der Waals surface area (Å²) in [7, 11) is 0. The van der Waals surface area contributed by atoms with Gasteiger partial charge in [-0.2, -0.15) is 0 Å². The molecule has 0 amide bonds. The van der Waals surface area contributed by atoms with Gasteiger partial charge in [0.25, 0.3) is 0 Å². The van der Waals surface area contributed by atoms with E-state index >= 15 is 0 Å². The van der Waals surface area contributed by atoms with Crippen LogP contribution in [0, 0.1) is 17.5 Å². The van der Waals surface area contributed by atoms with Crippen molar-refractivity contribution in [2.24, 2.45) is 0 Å². The third-order valence-corrected chi connectivity index (χ3v) is 22.5. The van der Waals surface area contributed by atoms with Crippen LogP contribution in [0.25, 0.3) is 57.6 Å². The van der Waals surface area contributed by atoms with Crippen molar-refractivity contribution in [2.75, 3.05) is 158 Å². The zero-order valence-corrected chi connectivity index (χ0v) is 77.8. The van der Waals surface area contributed by atoms with E-state index < -0.39 is 0 Å². The third kappa shape index (κ3) is 26.5. The van der Waals surface area contributed by atoms with Gasteiger partial charge in [-0.15, -0.1) is 0 Å². The number of ether oxygens (including phenoxy) is 4. The van der Waals surface area contributed by atoms with E-state index in [1.807, 2.05) is 163 Å². The minimum atomic E-state index is -0.272. The van der Waals surface area contributed by atoms with Crippen molar-refractivity contribution >= 4 is 58.2 Å². The van der Waals surface area contributed by atoms with Crippen molar-refractivity contribution in [1.29, 1.82) is 0 Å². The predicted molar refractivity (Wildman–Crippen MR) is 534 cm³/mol. The zero-order chi connectivity index (χ0) is 95.2. The molecule has 4 aliphatic heterocycles. The molecule has 15 aromatic rings. The summed E-state index contributed by atoms with van der Waals surface area (Å²) in [6, 6.07) is 69.7. The molecule has 29 nitrogen and oxygen atoms in total. The van der Waals surface area contributed by atoms with Crippen LogP contribution in [0.3, 0.4) is 0 Å². The summed E-state index contributed by atoms with van der Waals surface area (Å²) in [6.07, 6.45) is 11.1. The molecule has 0 unspecified atom stereocenters. The van der Waals surface area contributed by atoms with E-state index in [0.717, 1.165) is 103 Å². The van der Waals surface area contributed by atoms with Crippen LogP contribution < -0.4 is 52.8 Å². The Morgan fingerprint density at radius 1 is 0.263 bits per heavy atom. The third-order valence-electron chi connectivity index (χ3n) is 22.5. The van der Waals surface area contributed by atoms with E-state index in [2.05, 4.69) is 123 Å². The van der Waals surface area contributed by atoms with Crippen LogP contribution in [-0.2, 0) is 51.1 Å². The quantitative estimate of drug-likeness (QED) is 0.0309. The Hall–Kier alpha value is -15.1. The van der Waals surface area contributed by atoms with Gasteiger partial charge in [0.15, 0.2) is 29.1 Å². The maximum atomic E-state index is 14.3. The molecule has 4 fully saturated rings. The van der Waals surface area contributed by atoms with Crippen LogP contribution in [-0.4, -0.2) is 198 Å². The second-order valence-electron chi connectivity index (χ2n) is 33.6. The lowest BCUT2D eigenvalue weighted by molar-refractivity contribution is 0.121. The molecule has 14 heterocycles. The summed E-state index contributed by atoms with van der Waals surface area (Å²) in [5, 5.41) is 10.1. The number of nitrogen functional groups attached to an aromatic ring is 3. The van der Waals surface area contributed by atoms with E-state index in [4.69, 9.17) is 66.1 Å². The number of anilines is 10. The molecule has 0 bridgehead atoms. The number of hydrogen-bond donors (Lipinski definition) is 6. The lowest BCUT2D eigenvalue weighted by atomic mass is 10.0. The number of nitrogens with one attached hydrogen (secondary N) is 3. The molecule has 5 aromatic carbocycles. The number of nitrogens with two attached hydrogens (primary N) is 3. The average Bonchev–Trinajstić information content (AvgIpc) is 0.775. The second kappa shape index (κ2) is 48.2. The fourth-order valence-electron chi connectivity index (χ4n) is 15.7. The van der Waals surface area contributed by atoms with E-state index in [1.54, 1.807) is 73.4 Å². The first-order chi connectivity index (χ1) is 66.9. The fourth-order valence-corrected chi connectivity index (χ4v) is 15.7. The van der Waals surface area contributed by atoms with Crippen molar-refractivity contribution in [2.45, 2.75) is 91.8 Å². The Morgan fingerprint density at radius 2 is 0.496 bits per heavy atom. The van der Waals surface area contributed by atoms with Crippen molar-refractivity contribution in [3.63, 3.8) is 0 Å². The lowest BCUT2D eigenvalue weighted by Crippen LogP contribution is -2.40. The summed E-state index contributed by atoms with van der Waals surface area (Å²) in [4.78, 5) is 78.0. The molecule has 0 aliphatic carbocycles. The van der Waals surface area contributed by atoms with Crippen molar-refractivity contribution in [1.82, 2.24) is 74.8 Å². The molecule has 10 aromatic heterocycles. The van der Waals surface area contributed by atoms with E-state index in [1.165, 1.54) is 29.3 Å². The maximum Gasteiger partial charge on any atom is 0.182 e. The maximum absolute atomic E-state index is 14.3.